The van der Waals surface area contributed by atoms with Crippen molar-refractivity contribution in [2.75, 3.05) is 19.6 Å². The Morgan fingerprint density at radius 2 is 1.88 bits per heavy atom. The first kappa shape index (κ1) is 12.2. The largest absolute Gasteiger partial charge is 0.292 e. The highest BCUT2D eigenvalue weighted by molar-refractivity contribution is 5.21. The molecule has 0 N–H and O–H groups in total. The molecule has 0 aliphatic carbocycles. The van der Waals surface area contributed by atoms with E-state index < -0.39 is 0 Å². The van der Waals surface area contributed by atoms with E-state index in [0.29, 0.717) is 0 Å². The van der Waals surface area contributed by atoms with E-state index in [1.54, 1.807) is 0 Å². The van der Waals surface area contributed by atoms with Gasteiger partial charge in [-0.2, -0.15) is 0 Å². The molecule has 0 aromatic heterocycles. The predicted octanol–water partition coefficient (Wildman–Crippen LogP) is 2.88. The van der Waals surface area contributed by atoms with Gasteiger partial charge in [0, 0.05) is 0 Å². The van der Waals surface area contributed by atoms with Crippen LogP contribution in [-0.2, 0) is 6.42 Å². The Morgan fingerprint density at radius 3 is 2.47 bits per heavy atom. The fourth-order valence-electron chi connectivity index (χ4n) is 2.54. The average Bonchev–Trinajstić information content (AvgIpc) is 2.35. The normalized spacial score (nSPS) is 17.9. The maximum absolute atomic E-state index is 5.34. The molecule has 0 spiro atoms. The second-order valence-electron chi connectivity index (χ2n) is 5.11. The summed E-state index contributed by atoms with van der Waals surface area (Å²) < 4.78 is 0. The summed E-state index contributed by atoms with van der Waals surface area (Å²) in [4.78, 5) is 2.38. The molecule has 90 valence electrons. The average molecular weight is 227 g/mol. The molecule has 1 heteroatoms. The molecule has 2 rings (SSSR count). The lowest BCUT2D eigenvalue weighted by molar-refractivity contribution is 0.203. The van der Waals surface area contributed by atoms with Gasteiger partial charge in [-0.25, -0.2) is 0 Å². The molecule has 0 amide bonds. The molecule has 17 heavy (non-hydrogen) atoms. The summed E-state index contributed by atoms with van der Waals surface area (Å²) in [5.41, 5.74) is 2.82. The molecule has 0 saturated carbocycles. The zero-order valence-corrected chi connectivity index (χ0v) is 10.7. The van der Waals surface area contributed by atoms with Crippen LogP contribution in [0.2, 0.25) is 0 Å². The number of aryl methyl sites for hydroxylation is 1. The molecule has 0 unspecified atom stereocenters. The molecule has 1 aliphatic heterocycles. The zero-order valence-electron chi connectivity index (χ0n) is 10.7. The third-order valence-electron chi connectivity index (χ3n) is 3.67. The summed E-state index contributed by atoms with van der Waals surface area (Å²) in [6.45, 7) is 5.29. The van der Waals surface area contributed by atoms with Gasteiger partial charge in [0.1, 0.15) is 0 Å². The molecule has 0 atom stereocenters. The van der Waals surface area contributed by atoms with Gasteiger partial charge in [0.15, 0.2) is 0 Å². The first-order valence-electron chi connectivity index (χ1n) is 6.49. The topological polar surface area (TPSA) is 3.24 Å². The Kier molecular flexibility index (Phi) is 4.23. The minimum absolute atomic E-state index is 0.817. The van der Waals surface area contributed by atoms with Crippen LogP contribution in [0.4, 0.5) is 0 Å². The van der Waals surface area contributed by atoms with Crippen molar-refractivity contribution in [3.63, 3.8) is 0 Å². The summed E-state index contributed by atoms with van der Waals surface area (Å²) >= 11 is 0. The molecule has 0 radical (unpaired) electrons. The highest BCUT2D eigenvalue weighted by Gasteiger charge is 2.18. The molecule has 1 aromatic rings. The van der Waals surface area contributed by atoms with E-state index in [1.807, 2.05) is 0 Å². The first-order valence-corrected chi connectivity index (χ1v) is 6.49. The number of benzene rings is 1. The van der Waals surface area contributed by atoms with E-state index in [4.69, 9.17) is 6.42 Å². The molecular weight excluding hydrogens is 206 g/mol. The third-order valence-corrected chi connectivity index (χ3v) is 3.67. The van der Waals surface area contributed by atoms with Crippen molar-refractivity contribution in [1.29, 1.82) is 0 Å². The van der Waals surface area contributed by atoms with E-state index >= 15 is 0 Å². The summed E-state index contributed by atoms with van der Waals surface area (Å²) in [5, 5.41) is 0. The van der Waals surface area contributed by atoms with Crippen LogP contribution in [0, 0.1) is 25.2 Å². The summed E-state index contributed by atoms with van der Waals surface area (Å²) in [7, 11) is 0. The van der Waals surface area contributed by atoms with Crippen LogP contribution in [0.5, 0.6) is 0 Å². The highest BCUT2D eigenvalue weighted by atomic mass is 15.1. The van der Waals surface area contributed by atoms with Crippen molar-refractivity contribution >= 4 is 0 Å². The van der Waals surface area contributed by atoms with Crippen LogP contribution < -0.4 is 0 Å². The van der Waals surface area contributed by atoms with E-state index in [0.717, 1.165) is 12.5 Å². The minimum atomic E-state index is 0.817. The van der Waals surface area contributed by atoms with Gasteiger partial charge in [0.2, 0.25) is 0 Å². The summed E-state index contributed by atoms with van der Waals surface area (Å²) in [6.07, 6.45) is 9.14. The number of rotatable bonds is 3. The number of likely N-dealkylation sites (tertiary alicyclic amines) is 1. The standard InChI is InChI=1S/C16H21N/c1-3-10-17-11-8-16(9-12-17)13-15-6-4-14(2)5-7-15/h1,4-7,16H,8-13H2,2H3. The number of nitrogens with zero attached hydrogens (tertiary/aromatic N) is 1. The SMILES string of the molecule is C#CCN1CCC(Cc2ccc(C)cc2)CC1. The molecule has 1 aliphatic rings. The van der Waals surface area contributed by atoms with Gasteiger partial charge < -0.3 is 0 Å². The number of piperidine rings is 1. The van der Waals surface area contributed by atoms with Gasteiger partial charge in [-0.15, -0.1) is 6.42 Å². The Labute approximate surface area is 105 Å². The van der Waals surface area contributed by atoms with E-state index in [2.05, 4.69) is 42.0 Å². The lowest BCUT2D eigenvalue weighted by atomic mass is 9.90. The second kappa shape index (κ2) is 5.89. The monoisotopic (exact) mass is 227 g/mol. The lowest BCUT2D eigenvalue weighted by Gasteiger charge is -2.30. The van der Waals surface area contributed by atoms with Crippen molar-refractivity contribution in [2.24, 2.45) is 5.92 Å². The van der Waals surface area contributed by atoms with Gasteiger partial charge >= 0.3 is 0 Å². The third kappa shape index (κ3) is 3.61. The van der Waals surface area contributed by atoms with Gasteiger partial charge in [-0.1, -0.05) is 35.7 Å². The predicted molar refractivity (Wildman–Crippen MR) is 72.9 cm³/mol. The molecular formula is C16H21N. The fourth-order valence-corrected chi connectivity index (χ4v) is 2.54. The van der Waals surface area contributed by atoms with Crippen LogP contribution in [-0.4, -0.2) is 24.5 Å². The minimum Gasteiger partial charge on any atom is -0.292 e. The number of hydrogen-bond donors (Lipinski definition) is 0. The first-order chi connectivity index (χ1) is 8.28. The van der Waals surface area contributed by atoms with E-state index in [1.165, 1.54) is 43.5 Å². The van der Waals surface area contributed by atoms with Gasteiger partial charge in [0.25, 0.3) is 0 Å². The highest BCUT2D eigenvalue weighted by Crippen LogP contribution is 2.21. The maximum atomic E-state index is 5.34. The Hall–Kier alpha value is -1.26. The lowest BCUT2D eigenvalue weighted by Crippen LogP contribution is -2.34. The van der Waals surface area contributed by atoms with Gasteiger partial charge in [-0.05, 0) is 50.8 Å². The fraction of sp³-hybridized carbons (Fsp3) is 0.500. The van der Waals surface area contributed by atoms with Crippen LogP contribution in [0.15, 0.2) is 24.3 Å². The molecule has 1 heterocycles. The van der Waals surface area contributed by atoms with Crippen LogP contribution in [0.25, 0.3) is 0 Å². The molecule has 1 aromatic carbocycles. The van der Waals surface area contributed by atoms with Crippen LogP contribution in [0.3, 0.4) is 0 Å². The van der Waals surface area contributed by atoms with Gasteiger partial charge in [-0.3, -0.25) is 4.90 Å². The van der Waals surface area contributed by atoms with Crippen LogP contribution >= 0.6 is 0 Å². The smallest absolute Gasteiger partial charge is 0.0598 e. The Morgan fingerprint density at radius 1 is 1.24 bits per heavy atom. The summed E-state index contributed by atoms with van der Waals surface area (Å²) in [6, 6.07) is 8.96. The number of terminal acetylenes is 1. The van der Waals surface area contributed by atoms with E-state index in [9.17, 15) is 0 Å². The molecule has 1 saturated heterocycles. The van der Waals surface area contributed by atoms with E-state index in [-0.39, 0.29) is 0 Å². The van der Waals surface area contributed by atoms with Crippen molar-refractivity contribution in [3.05, 3.63) is 35.4 Å². The van der Waals surface area contributed by atoms with Crippen molar-refractivity contribution in [2.45, 2.75) is 26.2 Å². The van der Waals surface area contributed by atoms with Crippen LogP contribution in [0.1, 0.15) is 24.0 Å². The molecule has 1 nitrogen and oxygen atoms in total. The maximum Gasteiger partial charge on any atom is 0.0598 e. The quantitative estimate of drug-likeness (QED) is 0.718. The Balaban J connectivity index is 1.82. The molecule has 1 fully saturated rings. The second-order valence-corrected chi connectivity index (χ2v) is 5.11. The summed E-state index contributed by atoms with van der Waals surface area (Å²) in [5.74, 6) is 3.57. The van der Waals surface area contributed by atoms with Crippen molar-refractivity contribution in [3.8, 4) is 12.3 Å². The van der Waals surface area contributed by atoms with Crippen molar-refractivity contribution < 1.29 is 0 Å². The Bertz CT molecular complexity index is 377. The van der Waals surface area contributed by atoms with Gasteiger partial charge in [0.05, 0.1) is 6.54 Å². The number of hydrogen-bond acceptors (Lipinski definition) is 1. The zero-order chi connectivity index (χ0) is 12.1. The van der Waals surface area contributed by atoms with Crippen molar-refractivity contribution in [1.82, 2.24) is 4.90 Å². The molecule has 0 bridgehead atoms.